The molecule has 1 unspecified atom stereocenters. The van der Waals surface area contributed by atoms with E-state index in [4.69, 9.17) is 5.73 Å². The average Bonchev–Trinajstić information content (AvgIpc) is 2.38. The van der Waals surface area contributed by atoms with Gasteiger partial charge in [-0.15, -0.1) is 11.8 Å². The van der Waals surface area contributed by atoms with E-state index in [-0.39, 0.29) is 5.75 Å². The molecule has 2 N–H and O–H groups in total. The monoisotopic (exact) mass is 314 g/mol. The van der Waals surface area contributed by atoms with Crippen LogP contribution < -0.4 is 5.73 Å². The topological polar surface area (TPSA) is 63.4 Å². The summed E-state index contributed by atoms with van der Waals surface area (Å²) < 4.78 is 26.2. The molecule has 0 bridgehead atoms. The van der Waals surface area contributed by atoms with Crippen molar-refractivity contribution in [2.24, 2.45) is 5.92 Å². The first-order valence-corrected chi connectivity index (χ1v) is 9.53. The molecule has 1 heterocycles. The third-order valence-electron chi connectivity index (χ3n) is 3.48. The first-order chi connectivity index (χ1) is 9.47. The third kappa shape index (κ3) is 4.40. The van der Waals surface area contributed by atoms with Gasteiger partial charge in [0.15, 0.2) is 0 Å². The van der Waals surface area contributed by atoms with E-state index in [0.717, 1.165) is 17.7 Å². The largest absolute Gasteiger partial charge is 0.399 e. The molecule has 2 rings (SSSR count). The Balaban J connectivity index is 1.86. The lowest BCUT2D eigenvalue weighted by Gasteiger charge is -2.29. The average molecular weight is 314 g/mol. The number of piperidine rings is 1. The number of hydrogen-bond acceptors (Lipinski definition) is 4. The van der Waals surface area contributed by atoms with Crippen LogP contribution in [-0.4, -0.2) is 37.3 Å². The molecule has 1 aromatic rings. The van der Waals surface area contributed by atoms with Crippen LogP contribution in [0.1, 0.15) is 19.8 Å². The molecule has 0 aromatic heterocycles. The number of hydrogen-bond donors (Lipinski definition) is 1. The molecule has 1 fully saturated rings. The number of nitrogen functional groups attached to an aromatic ring is 1. The highest BCUT2D eigenvalue weighted by atomic mass is 32.2. The van der Waals surface area contributed by atoms with Gasteiger partial charge in [0.25, 0.3) is 0 Å². The number of sulfonamides is 1. The molecule has 20 heavy (non-hydrogen) atoms. The van der Waals surface area contributed by atoms with Gasteiger partial charge in [0.05, 0.1) is 5.75 Å². The molecule has 0 amide bonds. The zero-order valence-electron chi connectivity index (χ0n) is 11.8. The standard InChI is InChI=1S/C14H22N2O2S2/c1-12-4-3-7-16(11-12)20(17,18)9-8-19-14-6-2-5-13(15)10-14/h2,5-6,10,12H,3-4,7-9,11,15H2,1H3. The van der Waals surface area contributed by atoms with Crippen molar-refractivity contribution in [1.82, 2.24) is 4.31 Å². The third-order valence-corrected chi connectivity index (χ3v) is 6.57. The van der Waals surface area contributed by atoms with Gasteiger partial charge >= 0.3 is 0 Å². The van der Waals surface area contributed by atoms with Crippen molar-refractivity contribution in [3.63, 3.8) is 0 Å². The smallest absolute Gasteiger partial charge is 0.214 e. The minimum absolute atomic E-state index is 0.194. The number of rotatable bonds is 5. The second-order valence-corrected chi connectivity index (χ2v) is 8.60. The van der Waals surface area contributed by atoms with Gasteiger partial charge in [0.1, 0.15) is 0 Å². The fourth-order valence-electron chi connectivity index (χ4n) is 2.40. The van der Waals surface area contributed by atoms with Crippen molar-refractivity contribution in [3.05, 3.63) is 24.3 Å². The van der Waals surface area contributed by atoms with E-state index >= 15 is 0 Å². The molecule has 0 spiro atoms. The Morgan fingerprint density at radius 3 is 2.95 bits per heavy atom. The Labute approximate surface area is 125 Å². The first-order valence-electron chi connectivity index (χ1n) is 6.93. The molecule has 1 saturated heterocycles. The number of nitrogens with zero attached hydrogens (tertiary/aromatic N) is 1. The van der Waals surface area contributed by atoms with Crippen molar-refractivity contribution in [1.29, 1.82) is 0 Å². The maximum Gasteiger partial charge on any atom is 0.214 e. The highest BCUT2D eigenvalue weighted by molar-refractivity contribution is 8.00. The highest BCUT2D eigenvalue weighted by Crippen LogP contribution is 2.22. The molecule has 112 valence electrons. The lowest BCUT2D eigenvalue weighted by atomic mass is 10.0. The molecule has 1 aliphatic rings. The van der Waals surface area contributed by atoms with Crippen molar-refractivity contribution >= 4 is 27.5 Å². The summed E-state index contributed by atoms with van der Waals surface area (Å²) in [7, 11) is -3.12. The first kappa shape index (κ1) is 15.7. The minimum atomic E-state index is -3.12. The summed E-state index contributed by atoms with van der Waals surface area (Å²) in [5, 5.41) is 0. The van der Waals surface area contributed by atoms with Gasteiger partial charge in [-0.05, 0) is 37.0 Å². The molecular formula is C14H22N2O2S2. The van der Waals surface area contributed by atoms with Crippen molar-refractivity contribution < 1.29 is 8.42 Å². The van der Waals surface area contributed by atoms with Crippen LogP contribution in [0.3, 0.4) is 0 Å². The molecule has 0 radical (unpaired) electrons. The number of thioether (sulfide) groups is 1. The molecule has 4 nitrogen and oxygen atoms in total. The number of benzene rings is 1. The summed E-state index contributed by atoms with van der Waals surface area (Å²) >= 11 is 1.54. The number of anilines is 1. The predicted molar refractivity (Wildman–Crippen MR) is 85.3 cm³/mol. The molecule has 0 aliphatic carbocycles. The van der Waals surface area contributed by atoms with Gasteiger partial charge < -0.3 is 5.73 Å². The normalized spacial score (nSPS) is 20.9. The van der Waals surface area contributed by atoms with Crippen molar-refractivity contribution in [3.8, 4) is 0 Å². The van der Waals surface area contributed by atoms with E-state index in [1.165, 1.54) is 0 Å². The minimum Gasteiger partial charge on any atom is -0.399 e. The van der Waals surface area contributed by atoms with Crippen LogP contribution in [-0.2, 0) is 10.0 Å². The molecule has 0 saturated carbocycles. The molecule has 1 aliphatic heterocycles. The Kier molecular flexibility index (Phi) is 5.35. The fraction of sp³-hybridized carbons (Fsp3) is 0.571. The Morgan fingerprint density at radius 2 is 2.25 bits per heavy atom. The van der Waals surface area contributed by atoms with Crippen molar-refractivity contribution in [2.75, 3.05) is 30.3 Å². The van der Waals surface area contributed by atoms with Crippen LogP contribution in [0.25, 0.3) is 0 Å². The van der Waals surface area contributed by atoms with Crippen LogP contribution in [0.15, 0.2) is 29.2 Å². The zero-order chi connectivity index (χ0) is 14.6. The van der Waals surface area contributed by atoms with E-state index in [9.17, 15) is 8.42 Å². The quantitative estimate of drug-likeness (QED) is 0.670. The Morgan fingerprint density at radius 1 is 1.45 bits per heavy atom. The number of nitrogens with two attached hydrogens (primary N) is 1. The van der Waals surface area contributed by atoms with Crippen LogP contribution in [0.4, 0.5) is 5.69 Å². The summed E-state index contributed by atoms with van der Waals surface area (Å²) in [5.41, 5.74) is 6.42. The van der Waals surface area contributed by atoms with Crippen LogP contribution in [0.2, 0.25) is 0 Å². The predicted octanol–water partition coefficient (Wildman–Crippen LogP) is 2.42. The van der Waals surface area contributed by atoms with Crippen LogP contribution >= 0.6 is 11.8 Å². The molecule has 6 heteroatoms. The van der Waals surface area contributed by atoms with E-state index in [1.54, 1.807) is 16.1 Å². The summed E-state index contributed by atoms with van der Waals surface area (Å²) in [4.78, 5) is 1.02. The fourth-order valence-corrected chi connectivity index (χ4v) is 5.35. The summed E-state index contributed by atoms with van der Waals surface area (Å²) in [6.45, 7) is 3.46. The van der Waals surface area contributed by atoms with Gasteiger partial charge in [-0.2, -0.15) is 0 Å². The van der Waals surface area contributed by atoms with Gasteiger partial charge in [-0.1, -0.05) is 13.0 Å². The van der Waals surface area contributed by atoms with Gasteiger partial charge in [-0.25, -0.2) is 12.7 Å². The SMILES string of the molecule is CC1CCCN(S(=O)(=O)CCSc2cccc(N)c2)C1. The van der Waals surface area contributed by atoms with Gasteiger partial charge in [-0.3, -0.25) is 0 Å². The van der Waals surface area contributed by atoms with Gasteiger partial charge in [0, 0.05) is 29.4 Å². The maximum atomic E-state index is 12.3. The summed E-state index contributed by atoms with van der Waals surface area (Å²) in [5.74, 6) is 1.23. The van der Waals surface area contributed by atoms with E-state index in [1.807, 2.05) is 24.3 Å². The van der Waals surface area contributed by atoms with Crippen LogP contribution in [0.5, 0.6) is 0 Å². The Hall–Kier alpha value is -0.720. The molecule has 1 atom stereocenters. The maximum absolute atomic E-state index is 12.3. The lowest BCUT2D eigenvalue weighted by Crippen LogP contribution is -2.40. The lowest BCUT2D eigenvalue weighted by molar-refractivity contribution is 0.281. The van der Waals surface area contributed by atoms with E-state index in [2.05, 4.69) is 6.92 Å². The molecule has 1 aromatic carbocycles. The van der Waals surface area contributed by atoms with Crippen LogP contribution in [0, 0.1) is 5.92 Å². The second-order valence-electron chi connectivity index (χ2n) is 5.34. The van der Waals surface area contributed by atoms with E-state index < -0.39 is 10.0 Å². The zero-order valence-corrected chi connectivity index (χ0v) is 13.4. The van der Waals surface area contributed by atoms with Crippen molar-refractivity contribution in [2.45, 2.75) is 24.7 Å². The molecular weight excluding hydrogens is 292 g/mol. The van der Waals surface area contributed by atoms with E-state index in [0.29, 0.717) is 30.4 Å². The highest BCUT2D eigenvalue weighted by Gasteiger charge is 2.26. The Bertz CT molecular complexity index is 546. The second kappa shape index (κ2) is 6.83. The summed E-state index contributed by atoms with van der Waals surface area (Å²) in [6.07, 6.45) is 2.10. The van der Waals surface area contributed by atoms with Gasteiger partial charge in [0.2, 0.25) is 10.0 Å². The summed E-state index contributed by atoms with van der Waals surface area (Å²) in [6, 6.07) is 7.55.